The number of aromatic nitrogens is 1. The molecular weight excluding hydrogens is 252 g/mol. The van der Waals surface area contributed by atoms with Crippen molar-refractivity contribution < 1.29 is 0 Å². The van der Waals surface area contributed by atoms with Crippen molar-refractivity contribution in [3.63, 3.8) is 0 Å². The first kappa shape index (κ1) is 13.3. The van der Waals surface area contributed by atoms with Gasteiger partial charge in [0.15, 0.2) is 0 Å². The smallest absolute Gasteiger partial charge is 0.0941 e. The van der Waals surface area contributed by atoms with E-state index in [0.717, 1.165) is 30.6 Å². The molecule has 1 aromatic heterocycles. The Morgan fingerprint density at radius 1 is 1.53 bits per heavy atom. The highest BCUT2D eigenvalue weighted by molar-refractivity contribution is 7.09. The van der Waals surface area contributed by atoms with Crippen LogP contribution in [0.4, 0.5) is 0 Å². The van der Waals surface area contributed by atoms with Crippen molar-refractivity contribution in [1.82, 2.24) is 9.88 Å². The number of likely N-dealkylation sites (tertiary alicyclic amines) is 1. The highest BCUT2D eigenvalue weighted by Gasteiger charge is 2.24. The van der Waals surface area contributed by atoms with Crippen LogP contribution in [0.5, 0.6) is 0 Å². The molecule has 1 aliphatic heterocycles. The van der Waals surface area contributed by atoms with E-state index in [1.807, 2.05) is 0 Å². The third kappa shape index (κ3) is 3.43. The van der Waals surface area contributed by atoms with Crippen LogP contribution >= 0.6 is 22.9 Å². The predicted molar refractivity (Wildman–Crippen MR) is 74.8 cm³/mol. The van der Waals surface area contributed by atoms with Gasteiger partial charge < -0.3 is 0 Å². The Bertz CT molecular complexity index is 353. The Morgan fingerprint density at radius 3 is 3.06 bits per heavy atom. The molecule has 2 rings (SSSR count). The maximum absolute atomic E-state index is 5.77. The lowest BCUT2D eigenvalue weighted by Crippen LogP contribution is -2.43. The van der Waals surface area contributed by atoms with Gasteiger partial charge in [-0.05, 0) is 32.2 Å². The van der Waals surface area contributed by atoms with E-state index in [4.69, 9.17) is 11.6 Å². The minimum absolute atomic E-state index is 0.535. The topological polar surface area (TPSA) is 16.1 Å². The standard InChI is InChI=1S/C13H21ClN2S/c1-10-4-3-6-16(11(10)2)7-5-13-15-12(8-14)9-17-13/h9-11H,3-8H2,1-2H3. The van der Waals surface area contributed by atoms with Crippen LogP contribution in [0, 0.1) is 5.92 Å². The SMILES string of the molecule is CC1CCCN(CCc2nc(CCl)cs2)C1C. The van der Waals surface area contributed by atoms with Crippen molar-refractivity contribution in [3.05, 3.63) is 16.1 Å². The molecule has 2 heterocycles. The van der Waals surface area contributed by atoms with Gasteiger partial charge in [0.05, 0.1) is 16.6 Å². The lowest BCUT2D eigenvalue weighted by atomic mass is 9.92. The van der Waals surface area contributed by atoms with E-state index < -0.39 is 0 Å². The van der Waals surface area contributed by atoms with Gasteiger partial charge in [-0.1, -0.05) is 6.92 Å². The number of thiazole rings is 1. The van der Waals surface area contributed by atoms with Gasteiger partial charge in [0.25, 0.3) is 0 Å². The van der Waals surface area contributed by atoms with E-state index in [2.05, 4.69) is 29.1 Å². The normalized spacial score (nSPS) is 26.3. The first-order valence-corrected chi connectivity index (χ1v) is 7.85. The second-order valence-electron chi connectivity index (χ2n) is 5.01. The zero-order valence-electron chi connectivity index (χ0n) is 10.7. The van der Waals surface area contributed by atoms with Gasteiger partial charge in [-0.2, -0.15) is 0 Å². The minimum Gasteiger partial charge on any atom is -0.300 e. The molecule has 96 valence electrons. The van der Waals surface area contributed by atoms with Crippen LogP contribution < -0.4 is 0 Å². The van der Waals surface area contributed by atoms with E-state index in [1.54, 1.807) is 11.3 Å². The summed E-state index contributed by atoms with van der Waals surface area (Å²) >= 11 is 7.51. The lowest BCUT2D eigenvalue weighted by Gasteiger charge is -2.37. The quantitative estimate of drug-likeness (QED) is 0.780. The number of nitrogens with zero attached hydrogens (tertiary/aromatic N) is 2. The lowest BCUT2D eigenvalue weighted by molar-refractivity contribution is 0.115. The van der Waals surface area contributed by atoms with Crippen molar-refractivity contribution >= 4 is 22.9 Å². The molecule has 0 spiro atoms. The summed E-state index contributed by atoms with van der Waals surface area (Å²) in [6.45, 7) is 7.11. The van der Waals surface area contributed by atoms with Crippen LogP contribution in [-0.4, -0.2) is 29.0 Å². The largest absolute Gasteiger partial charge is 0.300 e. The fourth-order valence-electron chi connectivity index (χ4n) is 2.50. The number of alkyl halides is 1. The zero-order valence-corrected chi connectivity index (χ0v) is 12.2. The van der Waals surface area contributed by atoms with Crippen molar-refractivity contribution in [2.45, 2.75) is 45.0 Å². The Morgan fingerprint density at radius 2 is 2.35 bits per heavy atom. The van der Waals surface area contributed by atoms with Crippen molar-refractivity contribution in [2.24, 2.45) is 5.92 Å². The molecule has 1 aliphatic rings. The van der Waals surface area contributed by atoms with Gasteiger partial charge in [-0.3, -0.25) is 4.90 Å². The molecule has 0 amide bonds. The molecule has 1 fully saturated rings. The highest BCUT2D eigenvalue weighted by atomic mass is 35.5. The average molecular weight is 273 g/mol. The van der Waals surface area contributed by atoms with Gasteiger partial charge in [0, 0.05) is 24.4 Å². The van der Waals surface area contributed by atoms with Gasteiger partial charge in [-0.15, -0.1) is 22.9 Å². The number of rotatable bonds is 4. The molecule has 2 nitrogen and oxygen atoms in total. The summed E-state index contributed by atoms with van der Waals surface area (Å²) in [4.78, 5) is 7.12. The zero-order chi connectivity index (χ0) is 12.3. The van der Waals surface area contributed by atoms with Crippen LogP contribution in [0.25, 0.3) is 0 Å². The third-order valence-electron chi connectivity index (χ3n) is 3.85. The van der Waals surface area contributed by atoms with Crippen molar-refractivity contribution in [1.29, 1.82) is 0 Å². The summed E-state index contributed by atoms with van der Waals surface area (Å²) in [6, 6.07) is 0.719. The van der Waals surface area contributed by atoms with Gasteiger partial charge in [0.2, 0.25) is 0 Å². The van der Waals surface area contributed by atoms with E-state index >= 15 is 0 Å². The average Bonchev–Trinajstić information content (AvgIpc) is 2.79. The van der Waals surface area contributed by atoms with Crippen LogP contribution in [0.1, 0.15) is 37.4 Å². The molecule has 1 aromatic rings. The Balaban J connectivity index is 1.84. The molecule has 2 atom stereocenters. The van der Waals surface area contributed by atoms with Gasteiger partial charge >= 0.3 is 0 Å². The molecule has 0 aromatic carbocycles. The molecule has 0 saturated carbocycles. The molecule has 0 N–H and O–H groups in total. The first-order chi connectivity index (χ1) is 8.20. The molecule has 0 bridgehead atoms. The molecule has 2 unspecified atom stereocenters. The second-order valence-corrected chi connectivity index (χ2v) is 6.22. The van der Waals surface area contributed by atoms with Crippen LogP contribution in [0.3, 0.4) is 0 Å². The fourth-order valence-corrected chi connectivity index (χ4v) is 3.52. The van der Waals surface area contributed by atoms with Crippen LogP contribution in [0.15, 0.2) is 5.38 Å². The summed E-state index contributed by atoms with van der Waals surface area (Å²) in [7, 11) is 0. The van der Waals surface area contributed by atoms with Gasteiger partial charge in [-0.25, -0.2) is 4.98 Å². The Labute approximate surface area is 113 Å². The van der Waals surface area contributed by atoms with Crippen LogP contribution in [-0.2, 0) is 12.3 Å². The first-order valence-electron chi connectivity index (χ1n) is 6.44. The van der Waals surface area contributed by atoms with E-state index in [-0.39, 0.29) is 0 Å². The minimum atomic E-state index is 0.535. The summed E-state index contributed by atoms with van der Waals surface area (Å²) in [5.74, 6) is 1.37. The molecule has 0 radical (unpaired) electrons. The van der Waals surface area contributed by atoms with E-state index in [1.165, 1.54) is 24.4 Å². The molecule has 1 saturated heterocycles. The maximum Gasteiger partial charge on any atom is 0.0941 e. The monoisotopic (exact) mass is 272 g/mol. The number of halogens is 1. The summed E-state index contributed by atoms with van der Waals surface area (Å²) in [5.41, 5.74) is 1.02. The Hall–Kier alpha value is -0.120. The fraction of sp³-hybridized carbons (Fsp3) is 0.769. The second kappa shape index (κ2) is 6.17. The van der Waals surface area contributed by atoms with Crippen LogP contribution in [0.2, 0.25) is 0 Å². The molecule has 17 heavy (non-hydrogen) atoms. The molecular formula is C13H21ClN2S. The highest BCUT2D eigenvalue weighted by Crippen LogP contribution is 2.23. The van der Waals surface area contributed by atoms with Crippen molar-refractivity contribution in [3.8, 4) is 0 Å². The number of hydrogen-bond acceptors (Lipinski definition) is 3. The molecule has 0 aliphatic carbocycles. The Kier molecular flexibility index (Phi) is 4.83. The predicted octanol–water partition coefficient (Wildman–Crippen LogP) is 3.54. The third-order valence-corrected chi connectivity index (χ3v) is 5.08. The summed E-state index contributed by atoms with van der Waals surface area (Å²) in [5, 5.41) is 3.30. The van der Waals surface area contributed by atoms with Gasteiger partial charge in [0.1, 0.15) is 0 Å². The van der Waals surface area contributed by atoms with E-state index in [9.17, 15) is 0 Å². The number of piperidine rings is 1. The molecule has 4 heteroatoms. The summed E-state index contributed by atoms with van der Waals surface area (Å²) < 4.78 is 0. The maximum atomic E-state index is 5.77. The van der Waals surface area contributed by atoms with Crippen molar-refractivity contribution in [2.75, 3.05) is 13.1 Å². The summed E-state index contributed by atoms with van der Waals surface area (Å²) in [6.07, 6.45) is 3.79. The van der Waals surface area contributed by atoms with E-state index in [0.29, 0.717) is 5.88 Å². The number of hydrogen-bond donors (Lipinski definition) is 0.